The van der Waals surface area contributed by atoms with E-state index >= 15 is 0 Å². The average molecular weight is 427 g/mol. The van der Waals surface area contributed by atoms with E-state index in [9.17, 15) is 9.59 Å². The molecule has 1 aliphatic carbocycles. The largest absolute Gasteiger partial charge is 0.495 e. The van der Waals surface area contributed by atoms with Gasteiger partial charge in [0.1, 0.15) is 16.0 Å². The minimum Gasteiger partial charge on any atom is -0.495 e. The van der Waals surface area contributed by atoms with Gasteiger partial charge in [-0.2, -0.15) is 0 Å². The molecule has 1 fully saturated rings. The van der Waals surface area contributed by atoms with Crippen LogP contribution < -0.4 is 20.1 Å². The second-order valence-electron chi connectivity index (χ2n) is 6.89. The molecule has 1 aliphatic rings. The van der Waals surface area contributed by atoms with E-state index < -0.39 is 0 Å². The maximum atomic E-state index is 12.7. The van der Waals surface area contributed by atoms with Crippen LogP contribution in [0.2, 0.25) is 0 Å². The molecule has 1 saturated carbocycles. The molecule has 2 amide bonds. The van der Waals surface area contributed by atoms with Gasteiger partial charge in [0.15, 0.2) is 0 Å². The van der Waals surface area contributed by atoms with Crippen LogP contribution in [0.3, 0.4) is 0 Å². The van der Waals surface area contributed by atoms with Gasteiger partial charge in [0.25, 0.3) is 5.91 Å². The summed E-state index contributed by atoms with van der Waals surface area (Å²) in [5.41, 5.74) is 0.468. The molecule has 0 saturated heterocycles. The van der Waals surface area contributed by atoms with Crippen LogP contribution in [-0.4, -0.2) is 38.1 Å². The first-order valence-electron chi connectivity index (χ1n) is 8.88. The van der Waals surface area contributed by atoms with Crippen molar-refractivity contribution < 1.29 is 19.1 Å². The number of amides is 2. The SMILES string of the molecule is COc1cc(C(=O)NC2CCCC(C(=O)NC(C)C)C2)cc(OC)c1Br. The second-order valence-corrected chi connectivity index (χ2v) is 7.68. The van der Waals surface area contributed by atoms with Crippen LogP contribution in [0, 0.1) is 5.92 Å². The lowest BCUT2D eigenvalue weighted by Gasteiger charge is -2.29. The molecule has 0 heterocycles. The van der Waals surface area contributed by atoms with E-state index in [0.29, 0.717) is 28.0 Å². The summed E-state index contributed by atoms with van der Waals surface area (Å²) in [7, 11) is 3.08. The van der Waals surface area contributed by atoms with Crippen LogP contribution in [0.25, 0.3) is 0 Å². The number of hydrogen-bond acceptors (Lipinski definition) is 4. The van der Waals surface area contributed by atoms with Gasteiger partial charge in [-0.15, -0.1) is 0 Å². The number of ether oxygens (including phenoxy) is 2. The highest BCUT2D eigenvalue weighted by Crippen LogP contribution is 2.35. The minimum absolute atomic E-state index is 0.0141. The molecule has 0 radical (unpaired) electrons. The van der Waals surface area contributed by atoms with Gasteiger partial charge in [0.2, 0.25) is 5.91 Å². The van der Waals surface area contributed by atoms with Crippen molar-refractivity contribution >= 4 is 27.7 Å². The van der Waals surface area contributed by atoms with Gasteiger partial charge in [-0.1, -0.05) is 6.42 Å². The predicted octanol–water partition coefficient (Wildman–Crippen LogP) is 3.28. The first kappa shape index (κ1) is 20.6. The van der Waals surface area contributed by atoms with Crippen LogP contribution >= 0.6 is 15.9 Å². The van der Waals surface area contributed by atoms with E-state index in [4.69, 9.17) is 9.47 Å². The Morgan fingerprint density at radius 3 is 2.31 bits per heavy atom. The predicted molar refractivity (Wildman–Crippen MR) is 104 cm³/mol. The molecule has 0 spiro atoms. The normalized spacial score (nSPS) is 19.8. The average Bonchev–Trinajstić information content (AvgIpc) is 2.61. The van der Waals surface area contributed by atoms with Gasteiger partial charge in [0.05, 0.1) is 14.2 Å². The number of hydrogen-bond donors (Lipinski definition) is 2. The Hall–Kier alpha value is -1.76. The molecular weight excluding hydrogens is 400 g/mol. The molecule has 2 rings (SSSR count). The quantitative estimate of drug-likeness (QED) is 0.731. The van der Waals surface area contributed by atoms with E-state index in [1.807, 2.05) is 13.8 Å². The number of rotatable bonds is 6. The zero-order valence-corrected chi connectivity index (χ0v) is 17.3. The maximum absolute atomic E-state index is 12.7. The molecular formula is C19H27BrN2O4. The minimum atomic E-state index is -0.191. The third kappa shape index (κ3) is 5.13. The lowest BCUT2D eigenvalue weighted by molar-refractivity contribution is -0.126. The van der Waals surface area contributed by atoms with Gasteiger partial charge < -0.3 is 20.1 Å². The molecule has 0 bridgehead atoms. The molecule has 144 valence electrons. The number of nitrogens with one attached hydrogen (secondary N) is 2. The van der Waals surface area contributed by atoms with Crippen molar-refractivity contribution in [2.24, 2.45) is 5.92 Å². The Morgan fingerprint density at radius 2 is 1.77 bits per heavy atom. The van der Waals surface area contributed by atoms with Crippen LogP contribution in [-0.2, 0) is 4.79 Å². The fraction of sp³-hybridized carbons (Fsp3) is 0.579. The van der Waals surface area contributed by atoms with Crippen molar-refractivity contribution in [2.45, 2.75) is 51.6 Å². The lowest BCUT2D eigenvalue weighted by atomic mass is 9.85. The molecule has 0 aliphatic heterocycles. The summed E-state index contributed by atoms with van der Waals surface area (Å²) in [4.78, 5) is 24.9. The summed E-state index contributed by atoms with van der Waals surface area (Å²) < 4.78 is 11.3. The zero-order valence-electron chi connectivity index (χ0n) is 15.7. The fourth-order valence-electron chi connectivity index (χ4n) is 3.23. The Balaban J connectivity index is 2.06. The van der Waals surface area contributed by atoms with Gasteiger partial charge in [-0.25, -0.2) is 0 Å². The van der Waals surface area contributed by atoms with Gasteiger partial charge >= 0.3 is 0 Å². The number of methoxy groups -OCH3 is 2. The van der Waals surface area contributed by atoms with E-state index in [1.165, 1.54) is 0 Å². The molecule has 6 nitrogen and oxygen atoms in total. The maximum Gasteiger partial charge on any atom is 0.251 e. The molecule has 7 heteroatoms. The molecule has 1 aromatic rings. The summed E-state index contributed by atoms with van der Waals surface area (Å²) in [6.45, 7) is 3.91. The number of benzene rings is 1. The Morgan fingerprint density at radius 1 is 1.15 bits per heavy atom. The Labute approximate surface area is 163 Å². The van der Waals surface area contributed by atoms with Crippen molar-refractivity contribution in [3.8, 4) is 11.5 Å². The topological polar surface area (TPSA) is 76.7 Å². The van der Waals surface area contributed by atoms with E-state index in [0.717, 1.165) is 19.3 Å². The number of carbonyl (C=O) groups is 2. The van der Waals surface area contributed by atoms with E-state index in [1.54, 1.807) is 26.4 Å². The van der Waals surface area contributed by atoms with Crippen LogP contribution in [0.5, 0.6) is 11.5 Å². The molecule has 1 aromatic carbocycles. The standard InChI is InChI=1S/C19H27BrN2O4/c1-11(2)21-18(23)12-6-5-7-14(8-12)22-19(24)13-9-15(25-3)17(20)16(10-13)26-4/h9-12,14H,5-8H2,1-4H3,(H,21,23)(H,22,24). The van der Waals surface area contributed by atoms with Gasteiger partial charge in [-0.3, -0.25) is 9.59 Å². The van der Waals surface area contributed by atoms with Crippen molar-refractivity contribution in [1.82, 2.24) is 10.6 Å². The Kier molecular flexibility index (Phi) is 7.32. The highest BCUT2D eigenvalue weighted by Gasteiger charge is 2.29. The second kappa shape index (κ2) is 9.26. The van der Waals surface area contributed by atoms with Gasteiger partial charge in [-0.05, 0) is 61.2 Å². The smallest absolute Gasteiger partial charge is 0.251 e. The monoisotopic (exact) mass is 426 g/mol. The van der Waals surface area contributed by atoms with Crippen molar-refractivity contribution in [3.63, 3.8) is 0 Å². The molecule has 26 heavy (non-hydrogen) atoms. The summed E-state index contributed by atoms with van der Waals surface area (Å²) >= 11 is 3.40. The molecule has 2 unspecified atom stereocenters. The number of carbonyl (C=O) groups excluding carboxylic acids is 2. The van der Waals surface area contributed by atoms with Crippen LogP contribution in [0.15, 0.2) is 16.6 Å². The van der Waals surface area contributed by atoms with Crippen molar-refractivity contribution in [2.75, 3.05) is 14.2 Å². The Bertz CT molecular complexity index is 638. The van der Waals surface area contributed by atoms with Crippen molar-refractivity contribution in [3.05, 3.63) is 22.2 Å². The van der Waals surface area contributed by atoms with Crippen LogP contribution in [0.1, 0.15) is 49.9 Å². The molecule has 0 aromatic heterocycles. The highest BCUT2D eigenvalue weighted by atomic mass is 79.9. The van der Waals surface area contributed by atoms with Crippen molar-refractivity contribution in [1.29, 1.82) is 0 Å². The summed E-state index contributed by atoms with van der Waals surface area (Å²) in [5.74, 6) is 0.903. The zero-order chi connectivity index (χ0) is 19.3. The van der Waals surface area contributed by atoms with E-state index in [2.05, 4.69) is 26.6 Å². The molecule has 2 atom stereocenters. The summed E-state index contributed by atoms with van der Waals surface area (Å²) in [6.07, 6.45) is 3.33. The molecule has 2 N–H and O–H groups in total. The van der Waals surface area contributed by atoms with Crippen LogP contribution in [0.4, 0.5) is 0 Å². The summed E-state index contributed by atoms with van der Waals surface area (Å²) in [6, 6.07) is 3.46. The van der Waals surface area contributed by atoms with Gasteiger partial charge in [0, 0.05) is 23.6 Å². The highest BCUT2D eigenvalue weighted by molar-refractivity contribution is 9.10. The fourth-order valence-corrected chi connectivity index (χ4v) is 3.78. The third-order valence-corrected chi connectivity index (χ3v) is 5.30. The first-order valence-corrected chi connectivity index (χ1v) is 9.67. The number of halogens is 1. The summed E-state index contributed by atoms with van der Waals surface area (Å²) in [5, 5.41) is 6.01. The first-order chi connectivity index (χ1) is 12.3. The lowest BCUT2D eigenvalue weighted by Crippen LogP contribution is -2.43. The van der Waals surface area contributed by atoms with E-state index in [-0.39, 0.29) is 29.8 Å². The third-order valence-electron chi connectivity index (χ3n) is 4.52.